The Bertz CT molecular complexity index is 276. The molecular formula is C11H17NO2. The molecule has 0 aliphatic carbocycles. The van der Waals surface area contributed by atoms with Crippen molar-refractivity contribution < 1.29 is 9.47 Å². The van der Waals surface area contributed by atoms with Gasteiger partial charge in [-0.25, -0.2) is 0 Å². The first-order valence-corrected chi connectivity index (χ1v) is 4.65. The van der Waals surface area contributed by atoms with Crippen molar-refractivity contribution in [2.45, 2.75) is 13.0 Å². The van der Waals surface area contributed by atoms with E-state index in [0.29, 0.717) is 12.6 Å². The van der Waals surface area contributed by atoms with Gasteiger partial charge in [-0.3, -0.25) is 0 Å². The standard InChI is InChI=1S/C11H17NO2/c1-9(8-13-2)12-10-5-4-6-11(7-10)14-3/h4-7,9,12H,8H2,1-3H3/t9-/m1/s1. The first-order valence-electron chi connectivity index (χ1n) is 4.65. The Hall–Kier alpha value is -1.22. The largest absolute Gasteiger partial charge is 0.497 e. The predicted octanol–water partition coefficient (Wildman–Crippen LogP) is 2.14. The molecule has 1 atom stereocenters. The maximum atomic E-state index is 5.13. The van der Waals surface area contributed by atoms with E-state index in [1.165, 1.54) is 0 Å². The van der Waals surface area contributed by atoms with Gasteiger partial charge >= 0.3 is 0 Å². The second-order valence-electron chi connectivity index (χ2n) is 3.23. The fourth-order valence-corrected chi connectivity index (χ4v) is 1.29. The molecule has 0 unspecified atom stereocenters. The summed E-state index contributed by atoms with van der Waals surface area (Å²) in [6.07, 6.45) is 0. The zero-order valence-corrected chi connectivity index (χ0v) is 8.91. The topological polar surface area (TPSA) is 30.5 Å². The molecule has 3 heteroatoms. The summed E-state index contributed by atoms with van der Waals surface area (Å²) in [6, 6.07) is 8.15. The minimum absolute atomic E-state index is 0.298. The second-order valence-corrected chi connectivity index (χ2v) is 3.23. The summed E-state index contributed by atoms with van der Waals surface area (Å²) < 4.78 is 10.2. The molecule has 78 valence electrons. The minimum atomic E-state index is 0.298. The number of ether oxygens (including phenoxy) is 2. The zero-order chi connectivity index (χ0) is 10.4. The summed E-state index contributed by atoms with van der Waals surface area (Å²) in [5.41, 5.74) is 1.05. The zero-order valence-electron chi connectivity index (χ0n) is 8.91. The molecule has 1 N–H and O–H groups in total. The Balaban J connectivity index is 2.57. The highest BCUT2D eigenvalue weighted by Crippen LogP contribution is 2.17. The van der Waals surface area contributed by atoms with E-state index < -0.39 is 0 Å². The average Bonchev–Trinajstić information content (AvgIpc) is 2.18. The maximum absolute atomic E-state index is 5.13. The number of hydrogen-bond donors (Lipinski definition) is 1. The molecule has 0 amide bonds. The molecule has 0 saturated carbocycles. The molecule has 1 rings (SSSR count). The average molecular weight is 195 g/mol. The van der Waals surface area contributed by atoms with Gasteiger partial charge in [-0.1, -0.05) is 6.07 Å². The number of nitrogens with one attached hydrogen (secondary N) is 1. The van der Waals surface area contributed by atoms with E-state index >= 15 is 0 Å². The number of benzene rings is 1. The molecule has 14 heavy (non-hydrogen) atoms. The molecule has 0 spiro atoms. The van der Waals surface area contributed by atoms with Crippen molar-refractivity contribution in [2.75, 3.05) is 26.1 Å². The van der Waals surface area contributed by atoms with Crippen LogP contribution in [-0.4, -0.2) is 26.9 Å². The van der Waals surface area contributed by atoms with E-state index in [1.807, 2.05) is 24.3 Å². The van der Waals surface area contributed by atoms with Crippen LogP contribution in [0.1, 0.15) is 6.92 Å². The molecule has 0 saturated heterocycles. The number of hydrogen-bond acceptors (Lipinski definition) is 3. The molecule has 0 aliphatic rings. The third kappa shape index (κ3) is 3.26. The third-order valence-electron chi connectivity index (χ3n) is 1.90. The van der Waals surface area contributed by atoms with E-state index in [9.17, 15) is 0 Å². The number of methoxy groups -OCH3 is 2. The van der Waals surface area contributed by atoms with Crippen LogP contribution in [0.3, 0.4) is 0 Å². The van der Waals surface area contributed by atoms with E-state index in [-0.39, 0.29) is 0 Å². The quantitative estimate of drug-likeness (QED) is 0.780. The van der Waals surface area contributed by atoms with Crippen LogP contribution < -0.4 is 10.1 Å². The van der Waals surface area contributed by atoms with Crippen LogP contribution in [0, 0.1) is 0 Å². The fourth-order valence-electron chi connectivity index (χ4n) is 1.29. The highest BCUT2D eigenvalue weighted by molar-refractivity contribution is 5.48. The van der Waals surface area contributed by atoms with Crippen LogP contribution in [0.15, 0.2) is 24.3 Å². The maximum Gasteiger partial charge on any atom is 0.120 e. The van der Waals surface area contributed by atoms with Crippen molar-refractivity contribution in [3.05, 3.63) is 24.3 Å². The van der Waals surface area contributed by atoms with Gasteiger partial charge in [-0.05, 0) is 19.1 Å². The summed E-state index contributed by atoms with van der Waals surface area (Å²) in [5, 5.41) is 3.31. The third-order valence-corrected chi connectivity index (χ3v) is 1.90. The molecule has 0 radical (unpaired) electrons. The molecule has 0 aromatic heterocycles. The molecule has 3 nitrogen and oxygen atoms in total. The molecule has 0 fully saturated rings. The number of anilines is 1. The van der Waals surface area contributed by atoms with Crippen molar-refractivity contribution in [1.82, 2.24) is 0 Å². The van der Waals surface area contributed by atoms with Gasteiger partial charge in [0.15, 0.2) is 0 Å². The van der Waals surface area contributed by atoms with E-state index in [2.05, 4.69) is 12.2 Å². The van der Waals surface area contributed by atoms with Gasteiger partial charge in [0, 0.05) is 24.9 Å². The van der Waals surface area contributed by atoms with Gasteiger partial charge in [0.1, 0.15) is 5.75 Å². The first-order chi connectivity index (χ1) is 6.76. The fraction of sp³-hybridized carbons (Fsp3) is 0.455. The molecule has 1 aromatic rings. The van der Waals surface area contributed by atoms with Crippen molar-refractivity contribution in [3.63, 3.8) is 0 Å². The van der Waals surface area contributed by atoms with Gasteiger partial charge in [0.05, 0.1) is 13.7 Å². The lowest BCUT2D eigenvalue weighted by atomic mass is 10.2. The van der Waals surface area contributed by atoms with Gasteiger partial charge in [0.2, 0.25) is 0 Å². The van der Waals surface area contributed by atoms with Gasteiger partial charge in [-0.2, -0.15) is 0 Å². The molecule has 0 bridgehead atoms. The van der Waals surface area contributed by atoms with Crippen LogP contribution in [0.5, 0.6) is 5.75 Å². The van der Waals surface area contributed by atoms with Crippen LogP contribution >= 0.6 is 0 Å². The lowest BCUT2D eigenvalue weighted by Gasteiger charge is -2.14. The summed E-state index contributed by atoms with van der Waals surface area (Å²) in [5.74, 6) is 0.861. The van der Waals surface area contributed by atoms with Crippen LogP contribution in [-0.2, 0) is 4.74 Å². The van der Waals surface area contributed by atoms with E-state index in [1.54, 1.807) is 14.2 Å². The van der Waals surface area contributed by atoms with E-state index in [0.717, 1.165) is 11.4 Å². The van der Waals surface area contributed by atoms with Crippen molar-refractivity contribution in [3.8, 4) is 5.75 Å². The Morgan fingerprint density at radius 3 is 2.79 bits per heavy atom. The summed E-state index contributed by atoms with van der Waals surface area (Å²) in [7, 11) is 3.36. The molecule has 1 aromatic carbocycles. The summed E-state index contributed by atoms with van der Waals surface area (Å²) in [6.45, 7) is 2.76. The smallest absolute Gasteiger partial charge is 0.120 e. The lowest BCUT2D eigenvalue weighted by molar-refractivity contribution is 0.190. The van der Waals surface area contributed by atoms with Crippen molar-refractivity contribution >= 4 is 5.69 Å². The normalized spacial score (nSPS) is 12.2. The second kappa shape index (κ2) is 5.50. The van der Waals surface area contributed by atoms with Crippen molar-refractivity contribution in [2.24, 2.45) is 0 Å². The molecule has 0 aliphatic heterocycles. The minimum Gasteiger partial charge on any atom is -0.497 e. The highest BCUT2D eigenvalue weighted by atomic mass is 16.5. The van der Waals surface area contributed by atoms with Crippen LogP contribution in [0.2, 0.25) is 0 Å². The Labute approximate surface area is 85.0 Å². The predicted molar refractivity (Wildman–Crippen MR) is 58.0 cm³/mol. The highest BCUT2D eigenvalue weighted by Gasteiger charge is 2.01. The Morgan fingerprint density at radius 2 is 2.14 bits per heavy atom. The monoisotopic (exact) mass is 195 g/mol. The lowest BCUT2D eigenvalue weighted by Crippen LogP contribution is -2.20. The van der Waals surface area contributed by atoms with Crippen LogP contribution in [0.4, 0.5) is 5.69 Å². The van der Waals surface area contributed by atoms with Gasteiger partial charge in [-0.15, -0.1) is 0 Å². The molecule has 0 heterocycles. The summed E-state index contributed by atoms with van der Waals surface area (Å²) in [4.78, 5) is 0. The van der Waals surface area contributed by atoms with Gasteiger partial charge < -0.3 is 14.8 Å². The Morgan fingerprint density at radius 1 is 1.36 bits per heavy atom. The molecular weight excluding hydrogens is 178 g/mol. The Kier molecular flexibility index (Phi) is 4.26. The first kappa shape index (κ1) is 10.9. The summed E-state index contributed by atoms with van der Waals surface area (Å²) >= 11 is 0. The number of rotatable bonds is 5. The van der Waals surface area contributed by atoms with Crippen LogP contribution in [0.25, 0.3) is 0 Å². The van der Waals surface area contributed by atoms with E-state index in [4.69, 9.17) is 9.47 Å². The van der Waals surface area contributed by atoms with Crippen molar-refractivity contribution in [1.29, 1.82) is 0 Å². The SMILES string of the molecule is COC[C@@H](C)Nc1cccc(OC)c1. The van der Waals surface area contributed by atoms with Gasteiger partial charge in [0.25, 0.3) is 0 Å².